The van der Waals surface area contributed by atoms with Crippen LogP contribution in [0.15, 0.2) is 18.2 Å². The van der Waals surface area contributed by atoms with Gasteiger partial charge >= 0.3 is 0 Å². The van der Waals surface area contributed by atoms with Crippen LogP contribution >= 0.6 is 35.6 Å². The molecule has 1 aliphatic carbocycles. The Morgan fingerprint density at radius 2 is 1.89 bits per heavy atom. The maximum absolute atomic E-state index is 6.13. The molecule has 0 aromatic heterocycles. The molecule has 1 aromatic rings. The quantitative estimate of drug-likeness (QED) is 0.804. The van der Waals surface area contributed by atoms with Crippen LogP contribution in [-0.4, -0.2) is 13.1 Å². The predicted octanol–water partition coefficient (Wildman–Crippen LogP) is 4.52. The molecule has 2 fully saturated rings. The van der Waals surface area contributed by atoms with Crippen LogP contribution in [-0.2, 0) is 0 Å². The van der Waals surface area contributed by atoms with Crippen molar-refractivity contribution < 1.29 is 0 Å². The number of hydrogen-bond acceptors (Lipinski definition) is 1. The largest absolute Gasteiger partial charge is 0.316 e. The van der Waals surface area contributed by atoms with Gasteiger partial charge in [-0.3, -0.25) is 0 Å². The molecule has 1 aliphatic heterocycles. The zero-order chi connectivity index (χ0) is 11.8. The molecule has 1 saturated heterocycles. The molecule has 3 atom stereocenters. The minimum atomic E-state index is 0. The normalized spacial score (nSPS) is 30.7. The fraction of sp³-hybridized carbons (Fsp3) is 0.571. The van der Waals surface area contributed by atoms with Gasteiger partial charge in [0.25, 0.3) is 0 Å². The number of benzene rings is 1. The summed E-state index contributed by atoms with van der Waals surface area (Å²) in [5.74, 6) is 2.32. The van der Waals surface area contributed by atoms with Crippen LogP contribution in [0.4, 0.5) is 0 Å². The second kappa shape index (κ2) is 6.00. The molecular formula is C14H18Cl3N. The molecule has 1 saturated carbocycles. The molecule has 0 bridgehead atoms. The van der Waals surface area contributed by atoms with Gasteiger partial charge in [-0.15, -0.1) is 12.4 Å². The lowest BCUT2D eigenvalue weighted by Crippen LogP contribution is -2.25. The van der Waals surface area contributed by atoms with Crippen LogP contribution in [0, 0.1) is 11.8 Å². The molecular weight excluding hydrogens is 289 g/mol. The summed E-state index contributed by atoms with van der Waals surface area (Å²) >= 11 is 12.1. The molecule has 2 aliphatic rings. The van der Waals surface area contributed by atoms with Crippen molar-refractivity contribution in [3.05, 3.63) is 33.8 Å². The van der Waals surface area contributed by atoms with Gasteiger partial charge in [0.1, 0.15) is 0 Å². The first-order valence-electron chi connectivity index (χ1n) is 6.41. The van der Waals surface area contributed by atoms with Crippen LogP contribution in [0.2, 0.25) is 10.0 Å². The van der Waals surface area contributed by atoms with Crippen molar-refractivity contribution in [1.82, 2.24) is 5.32 Å². The van der Waals surface area contributed by atoms with Crippen LogP contribution in [0.3, 0.4) is 0 Å². The fourth-order valence-corrected chi connectivity index (χ4v) is 3.82. The molecule has 0 spiro atoms. The van der Waals surface area contributed by atoms with Gasteiger partial charge in [-0.2, -0.15) is 0 Å². The minimum Gasteiger partial charge on any atom is -0.316 e. The second-order valence-corrected chi connectivity index (χ2v) is 6.11. The van der Waals surface area contributed by atoms with E-state index in [-0.39, 0.29) is 12.4 Å². The van der Waals surface area contributed by atoms with E-state index in [0.29, 0.717) is 16.0 Å². The smallest absolute Gasteiger partial charge is 0.0595 e. The van der Waals surface area contributed by atoms with E-state index in [2.05, 4.69) is 17.4 Å². The Morgan fingerprint density at radius 3 is 2.67 bits per heavy atom. The monoisotopic (exact) mass is 305 g/mol. The summed E-state index contributed by atoms with van der Waals surface area (Å²) in [7, 11) is 0. The molecule has 1 nitrogen and oxygen atoms in total. The Bertz CT molecular complexity index is 422. The Kier molecular flexibility index (Phi) is 4.82. The topological polar surface area (TPSA) is 12.0 Å². The van der Waals surface area contributed by atoms with E-state index in [1.807, 2.05) is 6.07 Å². The molecule has 0 unspecified atom stereocenters. The van der Waals surface area contributed by atoms with E-state index in [0.717, 1.165) is 18.4 Å². The van der Waals surface area contributed by atoms with E-state index >= 15 is 0 Å². The van der Waals surface area contributed by atoms with Gasteiger partial charge in [0.2, 0.25) is 0 Å². The van der Waals surface area contributed by atoms with E-state index in [1.165, 1.54) is 31.4 Å². The Morgan fingerprint density at radius 1 is 1.06 bits per heavy atom. The molecule has 1 heterocycles. The highest BCUT2D eigenvalue weighted by Crippen LogP contribution is 2.43. The van der Waals surface area contributed by atoms with Gasteiger partial charge in [-0.25, -0.2) is 0 Å². The van der Waals surface area contributed by atoms with Crippen LogP contribution < -0.4 is 5.32 Å². The van der Waals surface area contributed by atoms with Crippen molar-refractivity contribution >= 4 is 35.6 Å². The lowest BCUT2D eigenvalue weighted by molar-refractivity contribution is 0.258. The van der Waals surface area contributed by atoms with E-state index < -0.39 is 0 Å². The van der Waals surface area contributed by atoms with Crippen molar-refractivity contribution in [2.75, 3.05) is 13.1 Å². The summed E-state index contributed by atoms with van der Waals surface area (Å²) in [6, 6.07) is 6.15. The van der Waals surface area contributed by atoms with Gasteiger partial charge in [0.15, 0.2) is 0 Å². The van der Waals surface area contributed by atoms with Gasteiger partial charge in [0.05, 0.1) is 10.0 Å². The average Bonchev–Trinajstić information content (AvgIpc) is 2.80. The third-order valence-electron chi connectivity index (χ3n) is 4.37. The van der Waals surface area contributed by atoms with Crippen LogP contribution in [0.25, 0.3) is 0 Å². The molecule has 4 heteroatoms. The number of nitrogens with one attached hydrogen (secondary N) is 1. The number of fused-ring (bicyclic) bond motifs is 1. The number of halogens is 3. The third-order valence-corrected chi connectivity index (χ3v) is 5.11. The van der Waals surface area contributed by atoms with Crippen molar-refractivity contribution in [3.8, 4) is 0 Å². The summed E-state index contributed by atoms with van der Waals surface area (Å²) in [5.41, 5.74) is 1.37. The van der Waals surface area contributed by atoms with Gasteiger partial charge in [0, 0.05) is 0 Å². The maximum Gasteiger partial charge on any atom is 0.0595 e. The fourth-order valence-electron chi connectivity index (χ4n) is 3.51. The highest BCUT2D eigenvalue weighted by atomic mass is 35.5. The maximum atomic E-state index is 6.13. The first-order valence-corrected chi connectivity index (χ1v) is 7.17. The van der Waals surface area contributed by atoms with Crippen molar-refractivity contribution in [1.29, 1.82) is 0 Å². The highest BCUT2D eigenvalue weighted by molar-refractivity contribution is 6.42. The predicted molar refractivity (Wildman–Crippen MR) is 80.2 cm³/mol. The van der Waals surface area contributed by atoms with E-state index in [4.69, 9.17) is 23.2 Å². The average molecular weight is 307 g/mol. The van der Waals surface area contributed by atoms with Crippen molar-refractivity contribution in [2.24, 2.45) is 11.8 Å². The molecule has 0 amide bonds. The van der Waals surface area contributed by atoms with Crippen LogP contribution in [0.1, 0.15) is 30.7 Å². The van der Waals surface area contributed by atoms with Gasteiger partial charge in [-0.05, 0) is 61.4 Å². The zero-order valence-corrected chi connectivity index (χ0v) is 12.5. The zero-order valence-electron chi connectivity index (χ0n) is 10.2. The number of rotatable bonds is 1. The Labute approximate surface area is 125 Å². The van der Waals surface area contributed by atoms with Gasteiger partial charge < -0.3 is 5.32 Å². The van der Waals surface area contributed by atoms with Crippen molar-refractivity contribution in [3.63, 3.8) is 0 Å². The van der Waals surface area contributed by atoms with Gasteiger partial charge in [-0.1, -0.05) is 35.7 Å². The summed E-state index contributed by atoms with van der Waals surface area (Å²) in [4.78, 5) is 0. The first kappa shape index (κ1) is 14.5. The van der Waals surface area contributed by atoms with Crippen molar-refractivity contribution in [2.45, 2.75) is 25.2 Å². The highest BCUT2D eigenvalue weighted by Gasteiger charge is 2.37. The molecule has 0 radical (unpaired) electrons. The Balaban J connectivity index is 0.00000120. The SMILES string of the molecule is Cl.Clc1ccc([C@H]2CCC[C@H]3CNC[C@H]32)cc1Cl. The third kappa shape index (κ3) is 2.65. The summed E-state index contributed by atoms with van der Waals surface area (Å²) in [6.07, 6.45) is 4.02. The molecule has 3 rings (SSSR count). The molecule has 1 aromatic carbocycles. The summed E-state index contributed by atoms with van der Waals surface area (Å²) in [6.45, 7) is 2.36. The van der Waals surface area contributed by atoms with E-state index in [1.54, 1.807) is 0 Å². The standard InChI is InChI=1S/C14H17Cl2N.ClH/c15-13-5-4-9(6-14(13)16)11-3-1-2-10-7-17-8-12(10)11;/h4-6,10-12,17H,1-3,7-8H2;1H/t10-,11+,12+;/m0./s1. The van der Waals surface area contributed by atoms with Crippen LogP contribution in [0.5, 0.6) is 0 Å². The molecule has 1 N–H and O–H groups in total. The number of hydrogen-bond donors (Lipinski definition) is 1. The Hall–Kier alpha value is 0.0500. The molecule has 100 valence electrons. The summed E-state index contributed by atoms with van der Waals surface area (Å²) < 4.78 is 0. The lowest BCUT2D eigenvalue weighted by Gasteiger charge is -2.33. The summed E-state index contributed by atoms with van der Waals surface area (Å²) in [5, 5.41) is 4.88. The minimum absolute atomic E-state index is 0. The lowest BCUT2D eigenvalue weighted by atomic mass is 9.71. The second-order valence-electron chi connectivity index (χ2n) is 5.29. The molecule has 18 heavy (non-hydrogen) atoms. The first-order chi connectivity index (χ1) is 8.25. The van der Waals surface area contributed by atoms with E-state index in [9.17, 15) is 0 Å².